The molecule has 0 heterocycles. The molecule has 0 amide bonds. The van der Waals surface area contributed by atoms with E-state index in [-0.39, 0.29) is 24.3 Å². The Hall–Kier alpha value is -1.17. The zero-order chi connectivity index (χ0) is 13.7. The summed E-state index contributed by atoms with van der Waals surface area (Å²) in [5.41, 5.74) is 12.0. The molecule has 0 unspecified atom stereocenters. The molecule has 0 bridgehead atoms. The fourth-order valence-electron chi connectivity index (χ4n) is 1.35. The number of aliphatic imine (C=N–C) groups is 1. The predicted octanol–water partition coefficient (Wildman–Crippen LogP) is 2.45. The van der Waals surface area contributed by atoms with Gasteiger partial charge in [0.2, 0.25) is 0 Å². The van der Waals surface area contributed by atoms with Crippen LogP contribution in [0.1, 0.15) is 12.5 Å². The molecule has 1 aromatic rings. The van der Waals surface area contributed by atoms with Gasteiger partial charge in [0.15, 0.2) is 11.9 Å². The van der Waals surface area contributed by atoms with Crippen LogP contribution in [0, 0.1) is 5.41 Å². The summed E-state index contributed by atoms with van der Waals surface area (Å²) in [7, 11) is 0. The van der Waals surface area contributed by atoms with E-state index in [0.29, 0.717) is 23.1 Å². The van der Waals surface area contributed by atoms with Crippen molar-refractivity contribution in [2.75, 3.05) is 6.54 Å². The first-order chi connectivity index (χ1) is 8.45. The fraction of sp³-hybridized carbons (Fsp3) is 0.273. The summed E-state index contributed by atoms with van der Waals surface area (Å²) in [5.74, 6) is 0.0731. The number of nitrogens with one attached hydrogen (secondary N) is 1. The predicted molar refractivity (Wildman–Crippen MR) is 83.3 cm³/mol. The average molecular weight is 325 g/mol. The normalized spacial score (nSPS) is 10.8. The molecule has 1 aromatic carbocycles. The van der Waals surface area contributed by atoms with Gasteiger partial charge in [-0.05, 0) is 24.6 Å². The van der Waals surface area contributed by atoms with Gasteiger partial charge < -0.3 is 11.5 Å². The third-order valence-corrected chi connectivity index (χ3v) is 3.03. The van der Waals surface area contributed by atoms with Crippen LogP contribution in [0.2, 0.25) is 10.0 Å². The van der Waals surface area contributed by atoms with Gasteiger partial charge in [-0.2, -0.15) is 0 Å². The zero-order valence-corrected chi connectivity index (χ0v) is 12.7. The van der Waals surface area contributed by atoms with Gasteiger partial charge in [0.1, 0.15) is 0 Å². The van der Waals surface area contributed by atoms with E-state index < -0.39 is 0 Å². The van der Waals surface area contributed by atoms with Crippen molar-refractivity contribution in [3.63, 3.8) is 0 Å². The Morgan fingerprint density at radius 1 is 1.32 bits per heavy atom. The van der Waals surface area contributed by atoms with Gasteiger partial charge in [-0.25, -0.2) is 4.99 Å². The van der Waals surface area contributed by atoms with Crippen LogP contribution < -0.4 is 11.5 Å². The Kier molecular flexibility index (Phi) is 7.59. The molecule has 0 saturated carbocycles. The van der Waals surface area contributed by atoms with Crippen LogP contribution in [0.25, 0.3) is 0 Å². The highest BCUT2D eigenvalue weighted by Crippen LogP contribution is 2.22. The lowest BCUT2D eigenvalue weighted by Crippen LogP contribution is -2.45. The van der Waals surface area contributed by atoms with Crippen molar-refractivity contribution in [2.24, 2.45) is 16.5 Å². The maximum Gasteiger partial charge on any atom is 0.198 e. The summed E-state index contributed by atoms with van der Waals surface area (Å²) >= 11 is 11.7. The zero-order valence-electron chi connectivity index (χ0n) is 10.4. The first kappa shape index (κ1) is 17.8. The lowest BCUT2D eigenvalue weighted by atomic mass is 10.2. The average Bonchev–Trinajstić information content (AvgIpc) is 2.31. The number of rotatable bonds is 3. The molecule has 0 saturated heterocycles. The molecule has 0 aromatic heterocycles. The Balaban J connectivity index is 0.00000324. The molecule has 5 N–H and O–H groups in total. The molecule has 5 nitrogen and oxygen atoms in total. The van der Waals surface area contributed by atoms with Gasteiger partial charge in [-0.3, -0.25) is 10.3 Å². The highest BCUT2D eigenvalue weighted by molar-refractivity contribution is 6.42. The lowest BCUT2D eigenvalue weighted by Gasteiger charge is -2.19. The highest BCUT2D eigenvalue weighted by Gasteiger charge is 2.07. The van der Waals surface area contributed by atoms with Crippen LogP contribution in [-0.4, -0.2) is 23.4 Å². The highest BCUT2D eigenvalue weighted by atomic mass is 35.5. The van der Waals surface area contributed by atoms with Crippen molar-refractivity contribution < 1.29 is 0 Å². The number of guanidine groups is 2. The number of halogens is 3. The Bertz CT molecular complexity index is 475. The van der Waals surface area contributed by atoms with E-state index in [1.54, 1.807) is 12.1 Å². The fourth-order valence-corrected chi connectivity index (χ4v) is 1.67. The smallest absolute Gasteiger partial charge is 0.198 e. The second kappa shape index (κ2) is 8.09. The Morgan fingerprint density at radius 3 is 2.42 bits per heavy atom. The summed E-state index contributed by atoms with van der Waals surface area (Å²) in [4.78, 5) is 5.56. The molecule has 0 atom stereocenters. The quantitative estimate of drug-likeness (QED) is 0.589. The first-order valence-electron chi connectivity index (χ1n) is 5.31. The minimum atomic E-state index is -0.132. The SMILES string of the molecule is CCN(C(=N)N)C(N)=NCc1ccc(Cl)c(Cl)c1.Cl. The summed E-state index contributed by atoms with van der Waals surface area (Å²) < 4.78 is 0. The van der Waals surface area contributed by atoms with Gasteiger partial charge in [0.05, 0.1) is 16.6 Å². The molecule has 0 aliphatic rings. The molecule has 0 spiro atoms. The van der Waals surface area contributed by atoms with E-state index in [9.17, 15) is 0 Å². The Morgan fingerprint density at radius 2 is 1.95 bits per heavy atom. The molecular formula is C11H16Cl3N5. The van der Waals surface area contributed by atoms with Gasteiger partial charge in [-0.1, -0.05) is 29.3 Å². The van der Waals surface area contributed by atoms with Crippen molar-refractivity contribution in [3.8, 4) is 0 Å². The third-order valence-electron chi connectivity index (χ3n) is 2.29. The molecule has 0 aliphatic carbocycles. The largest absolute Gasteiger partial charge is 0.370 e. The van der Waals surface area contributed by atoms with Crippen molar-refractivity contribution in [2.45, 2.75) is 13.5 Å². The summed E-state index contributed by atoms with van der Waals surface area (Å²) in [6, 6.07) is 5.24. The second-order valence-electron chi connectivity index (χ2n) is 3.55. The number of benzene rings is 1. The maximum absolute atomic E-state index is 7.33. The van der Waals surface area contributed by atoms with Gasteiger partial charge >= 0.3 is 0 Å². The van der Waals surface area contributed by atoms with Crippen LogP contribution >= 0.6 is 35.6 Å². The maximum atomic E-state index is 7.33. The van der Waals surface area contributed by atoms with Crippen molar-refractivity contribution >= 4 is 47.5 Å². The number of nitrogens with two attached hydrogens (primary N) is 2. The van der Waals surface area contributed by atoms with Gasteiger partial charge in [-0.15, -0.1) is 12.4 Å². The lowest BCUT2D eigenvalue weighted by molar-refractivity contribution is 0.618. The van der Waals surface area contributed by atoms with Gasteiger partial charge in [0, 0.05) is 6.54 Å². The molecule has 0 fully saturated rings. The third kappa shape index (κ3) is 5.14. The summed E-state index contributed by atoms with van der Waals surface area (Å²) in [6.07, 6.45) is 0. The standard InChI is InChI=1S/C11H15Cl2N5.ClH/c1-2-18(10(14)15)11(16)17-6-7-3-4-8(12)9(13)5-7;/h3-5H,2,6H2,1H3,(H3,14,15)(H2,16,17);1H. The second-order valence-corrected chi connectivity index (χ2v) is 4.37. The molecular weight excluding hydrogens is 309 g/mol. The van der Waals surface area contributed by atoms with E-state index >= 15 is 0 Å². The van der Waals surface area contributed by atoms with Crippen LogP contribution in [0.3, 0.4) is 0 Å². The molecule has 19 heavy (non-hydrogen) atoms. The minimum Gasteiger partial charge on any atom is -0.370 e. The van der Waals surface area contributed by atoms with Crippen LogP contribution in [0.15, 0.2) is 23.2 Å². The van der Waals surface area contributed by atoms with E-state index in [2.05, 4.69) is 4.99 Å². The van der Waals surface area contributed by atoms with E-state index in [0.717, 1.165) is 5.56 Å². The van der Waals surface area contributed by atoms with Crippen molar-refractivity contribution in [1.82, 2.24) is 4.90 Å². The van der Waals surface area contributed by atoms with Crippen LogP contribution in [-0.2, 0) is 6.54 Å². The Labute approximate surface area is 128 Å². The van der Waals surface area contributed by atoms with Crippen LogP contribution in [0.5, 0.6) is 0 Å². The minimum absolute atomic E-state index is 0. The van der Waals surface area contributed by atoms with Crippen LogP contribution in [0.4, 0.5) is 0 Å². The first-order valence-corrected chi connectivity index (χ1v) is 6.06. The van der Waals surface area contributed by atoms with E-state index in [1.807, 2.05) is 13.0 Å². The van der Waals surface area contributed by atoms with Crippen molar-refractivity contribution in [3.05, 3.63) is 33.8 Å². The van der Waals surface area contributed by atoms with E-state index in [1.165, 1.54) is 4.90 Å². The number of hydrogen-bond acceptors (Lipinski definition) is 2. The van der Waals surface area contributed by atoms with Crippen molar-refractivity contribution in [1.29, 1.82) is 5.41 Å². The monoisotopic (exact) mass is 323 g/mol. The van der Waals surface area contributed by atoms with E-state index in [4.69, 9.17) is 40.1 Å². The number of nitrogens with zero attached hydrogens (tertiary/aromatic N) is 2. The molecule has 8 heteroatoms. The molecule has 0 aliphatic heterocycles. The molecule has 106 valence electrons. The van der Waals surface area contributed by atoms with Gasteiger partial charge in [0.25, 0.3) is 0 Å². The summed E-state index contributed by atoms with van der Waals surface area (Å²) in [5, 5.41) is 8.30. The molecule has 0 radical (unpaired) electrons. The summed E-state index contributed by atoms with van der Waals surface area (Å²) in [6.45, 7) is 2.68. The topological polar surface area (TPSA) is 91.5 Å². The molecule has 1 rings (SSSR count). The number of hydrogen-bond donors (Lipinski definition) is 3.